The van der Waals surface area contributed by atoms with E-state index in [9.17, 15) is 0 Å². The molecule has 1 rings (SSSR count). The van der Waals surface area contributed by atoms with Crippen LogP contribution in [0, 0.1) is 12.3 Å². The number of terminal acetylenes is 1. The first-order valence-electron chi connectivity index (χ1n) is 4.45. The van der Waals surface area contributed by atoms with Crippen LogP contribution in [0.2, 0.25) is 0 Å². The van der Waals surface area contributed by atoms with E-state index >= 15 is 0 Å². The maximum absolute atomic E-state index is 5.19. The number of hydrogen-bond donors (Lipinski definition) is 1. The molecule has 0 spiro atoms. The molecular weight excluding hydrogens is 134 g/mol. The average molecular weight is 151 g/mol. The van der Waals surface area contributed by atoms with Gasteiger partial charge in [0.1, 0.15) is 0 Å². The van der Waals surface area contributed by atoms with Gasteiger partial charge in [0.05, 0.1) is 6.54 Å². The third kappa shape index (κ3) is 2.55. The monoisotopic (exact) mass is 151 g/mol. The lowest BCUT2D eigenvalue weighted by molar-refractivity contribution is 0.264. The van der Waals surface area contributed by atoms with Gasteiger partial charge in [0, 0.05) is 5.54 Å². The molecule has 0 atom stereocenters. The van der Waals surface area contributed by atoms with Crippen LogP contribution in [0.15, 0.2) is 0 Å². The van der Waals surface area contributed by atoms with Crippen molar-refractivity contribution in [3.05, 3.63) is 0 Å². The SMILES string of the molecule is C#CCNC1(C)CCCCC1. The van der Waals surface area contributed by atoms with E-state index in [0.717, 1.165) is 6.54 Å². The van der Waals surface area contributed by atoms with Crippen molar-refractivity contribution in [2.45, 2.75) is 44.6 Å². The van der Waals surface area contributed by atoms with Gasteiger partial charge < -0.3 is 5.32 Å². The summed E-state index contributed by atoms with van der Waals surface area (Å²) in [6.45, 7) is 3.00. The van der Waals surface area contributed by atoms with Gasteiger partial charge in [-0.3, -0.25) is 0 Å². The van der Waals surface area contributed by atoms with Crippen molar-refractivity contribution in [2.24, 2.45) is 0 Å². The first-order valence-corrected chi connectivity index (χ1v) is 4.45. The molecule has 0 saturated heterocycles. The molecule has 0 radical (unpaired) electrons. The Morgan fingerprint density at radius 2 is 2.00 bits per heavy atom. The molecule has 62 valence electrons. The van der Waals surface area contributed by atoms with Crippen molar-refractivity contribution >= 4 is 0 Å². The molecule has 1 fully saturated rings. The first kappa shape index (κ1) is 8.62. The summed E-state index contributed by atoms with van der Waals surface area (Å²) in [6, 6.07) is 0. The summed E-state index contributed by atoms with van der Waals surface area (Å²) >= 11 is 0. The van der Waals surface area contributed by atoms with Gasteiger partial charge in [-0.25, -0.2) is 0 Å². The summed E-state index contributed by atoms with van der Waals surface area (Å²) in [6.07, 6.45) is 11.9. The summed E-state index contributed by atoms with van der Waals surface area (Å²) in [5.74, 6) is 2.63. The fraction of sp³-hybridized carbons (Fsp3) is 0.800. The Balaban J connectivity index is 2.32. The Labute approximate surface area is 69.6 Å². The molecule has 0 aromatic carbocycles. The lowest BCUT2D eigenvalue weighted by atomic mass is 9.83. The van der Waals surface area contributed by atoms with Crippen molar-refractivity contribution in [1.29, 1.82) is 0 Å². The Morgan fingerprint density at radius 3 is 2.55 bits per heavy atom. The van der Waals surface area contributed by atoms with E-state index in [1.807, 2.05) is 0 Å². The maximum atomic E-state index is 5.19. The van der Waals surface area contributed by atoms with E-state index in [-0.39, 0.29) is 0 Å². The summed E-state index contributed by atoms with van der Waals surface area (Å²) in [4.78, 5) is 0. The first-order chi connectivity index (χ1) is 5.27. The summed E-state index contributed by atoms with van der Waals surface area (Å²) in [5.41, 5.74) is 0.338. The summed E-state index contributed by atoms with van der Waals surface area (Å²) in [5, 5.41) is 3.41. The van der Waals surface area contributed by atoms with Crippen LogP contribution in [0.5, 0.6) is 0 Å². The van der Waals surface area contributed by atoms with Crippen molar-refractivity contribution in [3.8, 4) is 12.3 Å². The minimum absolute atomic E-state index is 0.338. The number of nitrogens with one attached hydrogen (secondary N) is 1. The quantitative estimate of drug-likeness (QED) is 0.595. The molecule has 1 heteroatoms. The van der Waals surface area contributed by atoms with E-state index in [1.54, 1.807) is 0 Å². The van der Waals surface area contributed by atoms with E-state index in [0.29, 0.717) is 5.54 Å². The van der Waals surface area contributed by atoms with Crippen LogP contribution < -0.4 is 5.32 Å². The molecule has 0 aromatic rings. The molecule has 0 unspecified atom stereocenters. The topological polar surface area (TPSA) is 12.0 Å². The highest BCUT2D eigenvalue weighted by atomic mass is 15.0. The van der Waals surface area contributed by atoms with Crippen molar-refractivity contribution < 1.29 is 0 Å². The smallest absolute Gasteiger partial charge is 0.0577 e. The van der Waals surface area contributed by atoms with Gasteiger partial charge in [-0.2, -0.15) is 0 Å². The Bertz CT molecular complexity index is 149. The van der Waals surface area contributed by atoms with Crippen LogP contribution in [0.25, 0.3) is 0 Å². The van der Waals surface area contributed by atoms with Crippen molar-refractivity contribution in [3.63, 3.8) is 0 Å². The largest absolute Gasteiger partial charge is 0.301 e. The van der Waals surface area contributed by atoms with Crippen LogP contribution >= 0.6 is 0 Å². The molecule has 0 heterocycles. The maximum Gasteiger partial charge on any atom is 0.0577 e. The molecule has 0 bridgehead atoms. The van der Waals surface area contributed by atoms with E-state index in [4.69, 9.17) is 6.42 Å². The third-order valence-electron chi connectivity index (χ3n) is 2.57. The zero-order valence-electron chi connectivity index (χ0n) is 7.32. The van der Waals surface area contributed by atoms with Crippen LogP contribution in [-0.2, 0) is 0 Å². The van der Waals surface area contributed by atoms with E-state index < -0.39 is 0 Å². The van der Waals surface area contributed by atoms with Crippen molar-refractivity contribution in [1.82, 2.24) is 5.32 Å². The molecule has 0 aliphatic heterocycles. The summed E-state index contributed by atoms with van der Waals surface area (Å²) < 4.78 is 0. The zero-order valence-corrected chi connectivity index (χ0v) is 7.32. The molecule has 1 aliphatic carbocycles. The van der Waals surface area contributed by atoms with Crippen LogP contribution in [0.3, 0.4) is 0 Å². The van der Waals surface area contributed by atoms with Crippen LogP contribution in [-0.4, -0.2) is 12.1 Å². The van der Waals surface area contributed by atoms with Gasteiger partial charge in [-0.15, -0.1) is 6.42 Å². The molecule has 0 aromatic heterocycles. The Morgan fingerprint density at radius 1 is 1.36 bits per heavy atom. The van der Waals surface area contributed by atoms with E-state index in [2.05, 4.69) is 18.2 Å². The predicted octanol–water partition coefficient (Wildman–Crippen LogP) is 1.93. The fourth-order valence-electron chi connectivity index (χ4n) is 1.77. The zero-order chi connectivity index (χ0) is 8.16. The Kier molecular flexibility index (Phi) is 2.96. The highest BCUT2D eigenvalue weighted by molar-refractivity contribution is 4.93. The average Bonchev–Trinajstić information content (AvgIpc) is 2.03. The van der Waals surface area contributed by atoms with Crippen LogP contribution in [0.1, 0.15) is 39.0 Å². The van der Waals surface area contributed by atoms with Gasteiger partial charge in [-0.1, -0.05) is 25.2 Å². The molecule has 1 saturated carbocycles. The van der Waals surface area contributed by atoms with Gasteiger partial charge in [0.25, 0.3) is 0 Å². The molecule has 1 aliphatic rings. The summed E-state index contributed by atoms with van der Waals surface area (Å²) in [7, 11) is 0. The minimum atomic E-state index is 0.338. The fourth-order valence-corrected chi connectivity index (χ4v) is 1.77. The van der Waals surface area contributed by atoms with Gasteiger partial charge in [0.15, 0.2) is 0 Å². The van der Waals surface area contributed by atoms with E-state index in [1.165, 1.54) is 32.1 Å². The van der Waals surface area contributed by atoms with Crippen molar-refractivity contribution in [2.75, 3.05) is 6.54 Å². The molecule has 0 amide bonds. The molecular formula is C10H17N. The molecule has 1 nitrogen and oxygen atoms in total. The highest BCUT2D eigenvalue weighted by Gasteiger charge is 2.24. The Hall–Kier alpha value is -0.480. The molecule has 1 N–H and O–H groups in total. The predicted molar refractivity (Wildman–Crippen MR) is 48.3 cm³/mol. The number of rotatable bonds is 2. The second kappa shape index (κ2) is 3.78. The second-order valence-corrected chi connectivity index (χ2v) is 3.68. The van der Waals surface area contributed by atoms with Crippen LogP contribution in [0.4, 0.5) is 0 Å². The normalized spacial score (nSPS) is 22.5. The second-order valence-electron chi connectivity index (χ2n) is 3.68. The lowest BCUT2D eigenvalue weighted by Crippen LogP contribution is -2.43. The third-order valence-corrected chi connectivity index (χ3v) is 2.57. The van der Waals surface area contributed by atoms with Gasteiger partial charge in [-0.05, 0) is 19.8 Å². The minimum Gasteiger partial charge on any atom is -0.301 e. The van der Waals surface area contributed by atoms with Gasteiger partial charge >= 0.3 is 0 Å². The molecule has 11 heavy (non-hydrogen) atoms. The standard InChI is InChI=1S/C10H17N/c1-3-9-11-10(2)7-5-4-6-8-10/h1,11H,4-9H2,2H3. The lowest BCUT2D eigenvalue weighted by Gasteiger charge is -2.34. The van der Waals surface area contributed by atoms with Gasteiger partial charge in [0.2, 0.25) is 0 Å². The highest BCUT2D eigenvalue weighted by Crippen LogP contribution is 2.26. The number of hydrogen-bond acceptors (Lipinski definition) is 1.